The van der Waals surface area contributed by atoms with Crippen LogP contribution < -0.4 is 10.3 Å². The highest BCUT2D eigenvalue weighted by Gasteiger charge is 2.21. The number of nitrogens with zero attached hydrogens (tertiary/aromatic N) is 3. The van der Waals surface area contributed by atoms with E-state index in [1.807, 2.05) is 0 Å². The minimum atomic E-state index is -1.39. The van der Waals surface area contributed by atoms with Crippen molar-refractivity contribution >= 4 is 32.9 Å². The third kappa shape index (κ3) is 3.93. The van der Waals surface area contributed by atoms with E-state index in [-0.39, 0.29) is 32.6 Å². The van der Waals surface area contributed by atoms with E-state index >= 15 is 0 Å². The summed E-state index contributed by atoms with van der Waals surface area (Å²) in [6.07, 6.45) is 1.45. The van der Waals surface area contributed by atoms with Crippen molar-refractivity contribution in [1.29, 1.82) is 0 Å². The molecule has 0 N–H and O–H groups in total. The molecule has 10 heteroatoms. The lowest BCUT2D eigenvalue weighted by Crippen LogP contribution is -2.24. The van der Waals surface area contributed by atoms with Gasteiger partial charge in [0.2, 0.25) is 0 Å². The van der Waals surface area contributed by atoms with Crippen LogP contribution >= 0.6 is 11.3 Å². The fourth-order valence-corrected chi connectivity index (χ4v) is 4.57. The van der Waals surface area contributed by atoms with Gasteiger partial charge in [-0.3, -0.25) is 9.36 Å². The maximum atomic E-state index is 13.9. The van der Waals surface area contributed by atoms with Crippen molar-refractivity contribution in [1.82, 2.24) is 14.5 Å². The molecule has 0 spiro atoms. The number of fused-ring (bicyclic) bond motifs is 1. The van der Waals surface area contributed by atoms with Crippen LogP contribution in [-0.2, 0) is 17.7 Å². The van der Waals surface area contributed by atoms with Crippen LogP contribution in [0.2, 0.25) is 0 Å². The molecule has 2 aromatic carbocycles. The summed E-state index contributed by atoms with van der Waals surface area (Å²) in [7, 11) is 1.55. The summed E-state index contributed by atoms with van der Waals surface area (Å²) in [4.78, 5) is 22.1. The standard InChI is InChI=1S/C20H15F2N3O3S2/c1-28-15-5-3-11(4-6-15)10-25-17(12-7-13(21)9-14(22)8-12)24-18-16(19(25)26)23-20(29-18)30(2)27/h3-9H,10H2,1-2H3. The zero-order chi connectivity index (χ0) is 21.4. The van der Waals surface area contributed by atoms with Crippen molar-refractivity contribution in [2.24, 2.45) is 0 Å². The third-order valence-corrected chi connectivity index (χ3v) is 6.65. The van der Waals surface area contributed by atoms with Gasteiger partial charge in [-0.2, -0.15) is 4.98 Å². The monoisotopic (exact) mass is 447 g/mol. The molecule has 0 aliphatic rings. The Morgan fingerprint density at radius 2 is 1.80 bits per heavy atom. The number of ether oxygens (including phenoxy) is 1. The van der Waals surface area contributed by atoms with Crippen molar-refractivity contribution in [2.75, 3.05) is 13.4 Å². The molecule has 6 nitrogen and oxygen atoms in total. The first kappa shape index (κ1) is 20.5. The van der Waals surface area contributed by atoms with E-state index in [0.29, 0.717) is 5.75 Å². The molecule has 0 aliphatic carbocycles. The lowest BCUT2D eigenvalue weighted by atomic mass is 10.1. The van der Waals surface area contributed by atoms with Crippen LogP contribution in [0.3, 0.4) is 0 Å². The van der Waals surface area contributed by atoms with Gasteiger partial charge in [0.15, 0.2) is 10.3 Å². The molecule has 0 bridgehead atoms. The molecule has 0 saturated heterocycles. The van der Waals surface area contributed by atoms with Crippen LogP contribution in [0.5, 0.6) is 5.75 Å². The van der Waals surface area contributed by atoms with Gasteiger partial charge in [-0.05, 0) is 41.2 Å². The lowest BCUT2D eigenvalue weighted by molar-refractivity contribution is 0.414. The molecule has 0 radical (unpaired) electrons. The first-order chi connectivity index (χ1) is 14.4. The average Bonchev–Trinajstić information content (AvgIpc) is 3.15. The molecule has 2 heterocycles. The minimum Gasteiger partial charge on any atom is -0.610 e. The van der Waals surface area contributed by atoms with Gasteiger partial charge in [-0.15, -0.1) is 0 Å². The van der Waals surface area contributed by atoms with Crippen LogP contribution in [-0.4, -0.2) is 32.5 Å². The second kappa shape index (κ2) is 8.13. The molecular weight excluding hydrogens is 432 g/mol. The largest absolute Gasteiger partial charge is 0.610 e. The zero-order valence-corrected chi connectivity index (χ0v) is 17.5. The summed E-state index contributed by atoms with van der Waals surface area (Å²) in [5.74, 6) is -0.814. The van der Waals surface area contributed by atoms with Crippen molar-refractivity contribution in [3.05, 3.63) is 70.0 Å². The molecule has 1 unspecified atom stereocenters. The number of rotatable bonds is 5. The van der Waals surface area contributed by atoms with Gasteiger partial charge >= 0.3 is 4.34 Å². The fraction of sp³-hybridized carbons (Fsp3) is 0.150. The van der Waals surface area contributed by atoms with E-state index in [4.69, 9.17) is 4.74 Å². The smallest absolute Gasteiger partial charge is 0.304 e. The number of methoxy groups -OCH3 is 1. The Kier molecular flexibility index (Phi) is 5.54. The summed E-state index contributed by atoms with van der Waals surface area (Å²) in [6.45, 7) is 0.0985. The Balaban J connectivity index is 1.94. The third-order valence-electron chi connectivity index (χ3n) is 4.37. The Morgan fingerprint density at radius 1 is 1.13 bits per heavy atom. The summed E-state index contributed by atoms with van der Waals surface area (Å²) in [6, 6.07) is 10.0. The van der Waals surface area contributed by atoms with Crippen LogP contribution in [0.4, 0.5) is 8.78 Å². The second-order valence-electron chi connectivity index (χ2n) is 6.42. The van der Waals surface area contributed by atoms with Gasteiger partial charge < -0.3 is 9.29 Å². The van der Waals surface area contributed by atoms with Crippen molar-refractivity contribution in [3.63, 3.8) is 0 Å². The number of hydrogen-bond acceptors (Lipinski definition) is 6. The summed E-state index contributed by atoms with van der Waals surface area (Å²) in [5.41, 5.74) is 0.460. The first-order valence-corrected chi connectivity index (χ1v) is 11.1. The number of hydrogen-bond donors (Lipinski definition) is 0. The van der Waals surface area contributed by atoms with E-state index in [1.54, 1.807) is 31.4 Å². The first-order valence-electron chi connectivity index (χ1n) is 8.70. The SMILES string of the molecule is COc1ccc(Cn2c(-c3cc(F)cc(F)c3)nc3sc([S+](C)[O-])nc3c2=O)cc1. The zero-order valence-electron chi connectivity index (χ0n) is 15.9. The van der Waals surface area contributed by atoms with Gasteiger partial charge in [0.1, 0.15) is 29.5 Å². The van der Waals surface area contributed by atoms with E-state index in [2.05, 4.69) is 9.97 Å². The van der Waals surface area contributed by atoms with Gasteiger partial charge in [-0.1, -0.05) is 12.1 Å². The topological polar surface area (TPSA) is 80.1 Å². The Hall–Kier alpha value is -2.82. The molecule has 0 fully saturated rings. The predicted octanol–water partition coefficient (Wildman–Crippen LogP) is 3.59. The van der Waals surface area contributed by atoms with Crippen LogP contribution in [0.1, 0.15) is 5.56 Å². The minimum absolute atomic E-state index is 0.0688. The van der Waals surface area contributed by atoms with Gasteiger partial charge in [0, 0.05) is 22.8 Å². The van der Waals surface area contributed by atoms with Crippen molar-refractivity contribution in [2.45, 2.75) is 10.9 Å². The van der Waals surface area contributed by atoms with Gasteiger partial charge in [0.05, 0.1) is 13.7 Å². The number of benzene rings is 2. The fourth-order valence-electron chi connectivity index (χ4n) is 2.98. The van der Waals surface area contributed by atoms with Gasteiger partial charge in [0.25, 0.3) is 5.56 Å². The van der Waals surface area contributed by atoms with Gasteiger partial charge in [-0.25, -0.2) is 13.8 Å². The average molecular weight is 447 g/mol. The van der Waals surface area contributed by atoms with Crippen LogP contribution in [0.15, 0.2) is 51.6 Å². The quantitative estimate of drug-likeness (QED) is 0.437. The van der Waals surface area contributed by atoms with Crippen molar-refractivity contribution < 1.29 is 18.1 Å². The maximum absolute atomic E-state index is 13.9. The Morgan fingerprint density at radius 3 is 2.40 bits per heavy atom. The number of aromatic nitrogens is 3. The molecule has 0 amide bonds. The Bertz CT molecular complexity index is 1270. The number of thiazole rings is 1. The normalized spacial score (nSPS) is 12.3. The molecule has 1 atom stereocenters. The molecule has 30 heavy (non-hydrogen) atoms. The van der Waals surface area contributed by atoms with E-state index in [9.17, 15) is 18.1 Å². The molecule has 154 valence electrons. The number of halogens is 2. The summed E-state index contributed by atoms with van der Waals surface area (Å²) < 4.78 is 46.2. The predicted molar refractivity (Wildman–Crippen MR) is 111 cm³/mol. The molecule has 0 saturated carbocycles. The lowest BCUT2D eigenvalue weighted by Gasteiger charge is -2.13. The molecular formula is C20H15F2N3O3S2. The van der Waals surface area contributed by atoms with Crippen LogP contribution in [0.25, 0.3) is 21.7 Å². The maximum Gasteiger partial charge on any atom is 0.304 e. The van der Waals surface area contributed by atoms with E-state index in [0.717, 1.165) is 35.1 Å². The van der Waals surface area contributed by atoms with E-state index < -0.39 is 28.4 Å². The highest BCUT2D eigenvalue weighted by molar-refractivity contribution is 7.92. The summed E-state index contributed by atoms with van der Waals surface area (Å²) in [5, 5.41) is 0. The molecule has 0 aliphatic heterocycles. The van der Waals surface area contributed by atoms with Crippen molar-refractivity contribution in [3.8, 4) is 17.1 Å². The highest BCUT2D eigenvalue weighted by Crippen LogP contribution is 2.26. The molecule has 2 aromatic heterocycles. The Labute approximate surface area is 177 Å². The molecule has 4 aromatic rings. The van der Waals surface area contributed by atoms with E-state index in [1.165, 1.54) is 10.8 Å². The molecule has 4 rings (SSSR count). The summed E-state index contributed by atoms with van der Waals surface area (Å²) >= 11 is -0.374. The highest BCUT2D eigenvalue weighted by atomic mass is 32.2. The second-order valence-corrected chi connectivity index (χ2v) is 8.95. The van der Waals surface area contributed by atoms with Crippen LogP contribution in [0, 0.1) is 11.6 Å².